The zero-order valence-electron chi connectivity index (χ0n) is 11.5. The van der Waals surface area contributed by atoms with E-state index in [4.69, 9.17) is 0 Å². The Balaban J connectivity index is 3.34. The number of Topliss-reactive ketones (excluding diaryl/α,β-unsaturated/α-hetero) is 2. The van der Waals surface area contributed by atoms with Crippen LogP contribution in [0.25, 0.3) is 0 Å². The number of ketones is 2. The lowest BCUT2D eigenvalue weighted by atomic mass is 10.2. The van der Waals surface area contributed by atoms with E-state index in [1.54, 1.807) is 13.8 Å². The summed E-state index contributed by atoms with van der Waals surface area (Å²) in [6, 6.07) is 0. The predicted molar refractivity (Wildman–Crippen MR) is 73.9 cm³/mol. The van der Waals surface area contributed by atoms with Gasteiger partial charge in [-0.05, 0) is 26.7 Å². The molecule has 98 valence electrons. The molecule has 0 fully saturated rings. The van der Waals surface area contributed by atoms with Gasteiger partial charge in [0.1, 0.15) is 11.6 Å². The average Bonchev–Trinajstić information content (AvgIpc) is 2.29. The minimum atomic E-state index is 0.199. The Kier molecular flexibility index (Phi) is 10.9. The highest BCUT2D eigenvalue weighted by Gasteiger charge is 1.89. The average molecular weight is 246 g/mol. The van der Waals surface area contributed by atoms with Crippen LogP contribution in [0, 0.1) is 23.7 Å². The molecule has 0 saturated carbocycles. The first kappa shape index (κ1) is 16.5. The summed E-state index contributed by atoms with van der Waals surface area (Å²) in [5.41, 5.74) is 0. The lowest BCUT2D eigenvalue weighted by molar-refractivity contribution is -0.117. The van der Waals surface area contributed by atoms with Gasteiger partial charge in [0.05, 0.1) is 0 Å². The van der Waals surface area contributed by atoms with Crippen LogP contribution in [0.3, 0.4) is 0 Å². The molecule has 0 radical (unpaired) electrons. The highest BCUT2D eigenvalue weighted by atomic mass is 16.1. The largest absolute Gasteiger partial charge is 0.300 e. The molecule has 0 saturated heterocycles. The van der Waals surface area contributed by atoms with Crippen LogP contribution >= 0.6 is 0 Å². The topological polar surface area (TPSA) is 34.1 Å². The third-order valence-electron chi connectivity index (χ3n) is 2.31. The molecule has 0 aromatic carbocycles. The first-order chi connectivity index (χ1) is 8.63. The molecule has 0 aromatic rings. The van der Waals surface area contributed by atoms with Crippen LogP contribution in [0.2, 0.25) is 0 Å². The van der Waals surface area contributed by atoms with E-state index < -0.39 is 0 Å². The van der Waals surface area contributed by atoms with Crippen LogP contribution in [0.4, 0.5) is 0 Å². The summed E-state index contributed by atoms with van der Waals surface area (Å²) in [7, 11) is 0. The fourth-order valence-electron chi connectivity index (χ4n) is 1.26. The number of carbonyl (C=O) groups is 2. The summed E-state index contributed by atoms with van der Waals surface area (Å²) < 4.78 is 0. The summed E-state index contributed by atoms with van der Waals surface area (Å²) in [5.74, 6) is 12.5. The highest BCUT2D eigenvalue weighted by molar-refractivity contribution is 5.75. The van der Waals surface area contributed by atoms with Gasteiger partial charge in [0.2, 0.25) is 0 Å². The van der Waals surface area contributed by atoms with E-state index >= 15 is 0 Å². The van der Waals surface area contributed by atoms with Gasteiger partial charge in [0, 0.05) is 38.5 Å². The van der Waals surface area contributed by atoms with Crippen molar-refractivity contribution < 1.29 is 9.59 Å². The van der Waals surface area contributed by atoms with Crippen molar-refractivity contribution in [3.05, 3.63) is 0 Å². The third kappa shape index (κ3) is 14.5. The number of hydrogen-bond donors (Lipinski definition) is 0. The summed E-state index contributed by atoms with van der Waals surface area (Å²) in [6.45, 7) is 3.18. The molecule has 0 heterocycles. The summed E-state index contributed by atoms with van der Waals surface area (Å²) in [6.07, 6.45) is 6.35. The lowest BCUT2D eigenvalue weighted by Crippen LogP contribution is -1.86. The van der Waals surface area contributed by atoms with Crippen LogP contribution in [-0.2, 0) is 9.59 Å². The second kappa shape index (κ2) is 11.9. The number of carbonyl (C=O) groups excluding carboxylic acids is 2. The number of unbranched alkanes of at least 4 members (excludes halogenated alkanes) is 3. The second-order valence-corrected chi connectivity index (χ2v) is 4.32. The molecule has 18 heavy (non-hydrogen) atoms. The Morgan fingerprint density at radius 2 is 1.00 bits per heavy atom. The summed E-state index contributed by atoms with van der Waals surface area (Å²) in [5, 5.41) is 0. The van der Waals surface area contributed by atoms with Crippen LogP contribution in [0.15, 0.2) is 0 Å². The molecule has 2 nitrogen and oxygen atoms in total. The molecule has 0 rings (SSSR count). The number of rotatable bonds is 7. The smallest absolute Gasteiger partial charge is 0.130 e. The first-order valence-electron chi connectivity index (χ1n) is 6.53. The Labute approximate surface area is 111 Å². The summed E-state index contributed by atoms with van der Waals surface area (Å²) >= 11 is 0. The number of hydrogen-bond acceptors (Lipinski definition) is 2. The molecule has 0 spiro atoms. The van der Waals surface area contributed by atoms with E-state index in [0.717, 1.165) is 25.7 Å². The van der Waals surface area contributed by atoms with Gasteiger partial charge in [-0.1, -0.05) is 0 Å². The van der Waals surface area contributed by atoms with Crippen molar-refractivity contribution in [2.75, 3.05) is 0 Å². The maximum Gasteiger partial charge on any atom is 0.130 e. The van der Waals surface area contributed by atoms with E-state index in [-0.39, 0.29) is 11.6 Å². The van der Waals surface area contributed by atoms with Gasteiger partial charge in [-0.3, -0.25) is 9.59 Å². The first-order valence-corrected chi connectivity index (χ1v) is 6.53. The van der Waals surface area contributed by atoms with Gasteiger partial charge in [0.25, 0.3) is 0 Å². The van der Waals surface area contributed by atoms with Gasteiger partial charge < -0.3 is 0 Å². The Bertz CT molecular complexity index is 333. The van der Waals surface area contributed by atoms with Gasteiger partial charge in [-0.15, -0.1) is 23.7 Å². The standard InChI is InChI=1S/C16H22O2/c1-15(17)13-11-9-7-5-3-4-6-8-10-12-14-16(2)18/h3-6,11-14H2,1-2H3. The van der Waals surface area contributed by atoms with Crippen molar-refractivity contribution in [3.8, 4) is 23.7 Å². The predicted octanol–water partition coefficient (Wildman–Crippen LogP) is 3.29. The fourth-order valence-corrected chi connectivity index (χ4v) is 1.26. The van der Waals surface area contributed by atoms with Gasteiger partial charge >= 0.3 is 0 Å². The maximum absolute atomic E-state index is 10.6. The molecule has 0 N–H and O–H groups in total. The SMILES string of the molecule is CC(=O)CCC#CCCCCC#CCCC(C)=O. The normalized spacial score (nSPS) is 8.78. The molecule has 0 aromatic heterocycles. The van der Waals surface area contributed by atoms with Gasteiger partial charge in [-0.25, -0.2) is 0 Å². The van der Waals surface area contributed by atoms with Crippen molar-refractivity contribution in [1.29, 1.82) is 0 Å². The quantitative estimate of drug-likeness (QED) is 0.510. The van der Waals surface area contributed by atoms with Crippen LogP contribution in [0.1, 0.15) is 65.2 Å². The van der Waals surface area contributed by atoms with E-state index in [9.17, 15) is 9.59 Å². The van der Waals surface area contributed by atoms with Crippen LogP contribution < -0.4 is 0 Å². The molecule has 0 aliphatic carbocycles. The summed E-state index contributed by atoms with van der Waals surface area (Å²) in [4.78, 5) is 21.3. The molecule has 0 atom stereocenters. The van der Waals surface area contributed by atoms with Crippen molar-refractivity contribution in [3.63, 3.8) is 0 Å². The second-order valence-electron chi connectivity index (χ2n) is 4.32. The highest BCUT2D eigenvalue weighted by Crippen LogP contribution is 1.98. The molecular formula is C16H22O2. The van der Waals surface area contributed by atoms with E-state index in [1.807, 2.05) is 0 Å². The van der Waals surface area contributed by atoms with Crippen molar-refractivity contribution in [2.45, 2.75) is 65.2 Å². The molecule has 0 aliphatic heterocycles. The van der Waals surface area contributed by atoms with Crippen molar-refractivity contribution in [2.24, 2.45) is 0 Å². The molecule has 2 heteroatoms. The Morgan fingerprint density at radius 3 is 1.33 bits per heavy atom. The minimum Gasteiger partial charge on any atom is -0.300 e. The van der Waals surface area contributed by atoms with E-state index in [2.05, 4.69) is 23.7 Å². The molecule has 0 aliphatic rings. The monoisotopic (exact) mass is 246 g/mol. The Hall–Kier alpha value is -1.54. The molecule has 0 unspecified atom stereocenters. The van der Waals surface area contributed by atoms with Gasteiger partial charge in [0.15, 0.2) is 0 Å². The van der Waals surface area contributed by atoms with Crippen LogP contribution in [0.5, 0.6) is 0 Å². The van der Waals surface area contributed by atoms with Crippen molar-refractivity contribution in [1.82, 2.24) is 0 Å². The Morgan fingerprint density at radius 1 is 0.667 bits per heavy atom. The lowest BCUT2D eigenvalue weighted by Gasteiger charge is -1.90. The minimum absolute atomic E-state index is 0.199. The molecular weight excluding hydrogens is 224 g/mol. The van der Waals surface area contributed by atoms with E-state index in [1.165, 1.54) is 0 Å². The maximum atomic E-state index is 10.6. The molecule has 0 bridgehead atoms. The third-order valence-corrected chi connectivity index (χ3v) is 2.31. The van der Waals surface area contributed by atoms with Crippen molar-refractivity contribution >= 4 is 11.6 Å². The fraction of sp³-hybridized carbons (Fsp3) is 0.625. The van der Waals surface area contributed by atoms with Gasteiger partial charge in [-0.2, -0.15) is 0 Å². The molecule has 0 amide bonds. The zero-order valence-corrected chi connectivity index (χ0v) is 11.5. The van der Waals surface area contributed by atoms with Crippen LogP contribution in [-0.4, -0.2) is 11.6 Å². The zero-order chi connectivity index (χ0) is 13.6. The van der Waals surface area contributed by atoms with E-state index in [0.29, 0.717) is 25.7 Å².